The Bertz CT molecular complexity index is 514. The molecule has 1 fully saturated rings. The lowest BCUT2D eigenvalue weighted by Gasteiger charge is -2.34. The van der Waals surface area contributed by atoms with Crippen molar-refractivity contribution >= 4 is 23.2 Å². The molecule has 0 bridgehead atoms. The summed E-state index contributed by atoms with van der Waals surface area (Å²) >= 11 is 1.52. The van der Waals surface area contributed by atoms with Gasteiger partial charge in [-0.15, -0.1) is 11.3 Å². The predicted octanol–water partition coefficient (Wildman–Crippen LogP) is 3.21. The van der Waals surface area contributed by atoms with Gasteiger partial charge in [-0.1, -0.05) is 13.8 Å². The largest absolute Gasteiger partial charge is 0.348 e. The summed E-state index contributed by atoms with van der Waals surface area (Å²) in [6.07, 6.45) is 3.51. The number of likely N-dealkylation sites (tertiary alicyclic amines) is 1. The van der Waals surface area contributed by atoms with Crippen LogP contribution < -0.4 is 5.32 Å². The minimum atomic E-state index is 0.0165. The Balaban J connectivity index is 1.82. The molecule has 0 atom stereocenters. The van der Waals surface area contributed by atoms with E-state index in [4.69, 9.17) is 0 Å². The molecule has 1 saturated heterocycles. The number of hydrogen-bond donors (Lipinski definition) is 1. The lowest BCUT2D eigenvalue weighted by atomic mass is 9.98. The van der Waals surface area contributed by atoms with Gasteiger partial charge >= 0.3 is 0 Å². The van der Waals surface area contributed by atoms with Crippen molar-refractivity contribution in [2.24, 2.45) is 5.92 Å². The molecule has 5 heteroatoms. The van der Waals surface area contributed by atoms with Gasteiger partial charge < -0.3 is 10.2 Å². The summed E-state index contributed by atoms with van der Waals surface area (Å²) in [5.74, 6) is 0.451. The molecule has 1 aromatic heterocycles. The van der Waals surface area contributed by atoms with E-state index in [0.29, 0.717) is 0 Å². The molecule has 0 aliphatic carbocycles. The molecular weight excluding hydrogens is 296 g/mol. The lowest BCUT2D eigenvalue weighted by Crippen LogP contribution is -2.47. The Morgan fingerprint density at radius 3 is 2.41 bits per heavy atom. The van der Waals surface area contributed by atoms with E-state index in [2.05, 4.69) is 19.2 Å². The molecule has 1 N–H and O–H groups in total. The second-order valence-corrected chi connectivity index (χ2v) is 7.28. The third kappa shape index (κ3) is 4.09. The molecule has 0 radical (unpaired) electrons. The van der Waals surface area contributed by atoms with E-state index >= 15 is 0 Å². The monoisotopic (exact) mass is 322 g/mol. The molecule has 0 saturated carbocycles. The summed E-state index contributed by atoms with van der Waals surface area (Å²) in [5, 5.41) is 3.10. The van der Waals surface area contributed by atoms with E-state index in [-0.39, 0.29) is 23.8 Å². The summed E-state index contributed by atoms with van der Waals surface area (Å²) in [7, 11) is 0. The van der Waals surface area contributed by atoms with Crippen molar-refractivity contribution in [1.29, 1.82) is 0 Å². The molecule has 1 aliphatic rings. The third-order valence-corrected chi connectivity index (χ3v) is 5.44. The predicted molar refractivity (Wildman–Crippen MR) is 90.2 cm³/mol. The number of thiophene rings is 1. The zero-order chi connectivity index (χ0) is 16.1. The normalized spacial score (nSPS) is 16.1. The smallest absolute Gasteiger partial charge is 0.261 e. The van der Waals surface area contributed by atoms with Crippen LogP contribution in [0.2, 0.25) is 0 Å². The van der Waals surface area contributed by atoms with Crippen molar-refractivity contribution in [2.45, 2.75) is 52.5 Å². The second-order valence-electron chi connectivity index (χ2n) is 6.00. The number of carbonyl (C=O) groups is 2. The number of amides is 2. The van der Waals surface area contributed by atoms with E-state index < -0.39 is 0 Å². The first-order valence-corrected chi connectivity index (χ1v) is 9.02. The first-order chi connectivity index (χ1) is 10.5. The summed E-state index contributed by atoms with van der Waals surface area (Å²) in [6.45, 7) is 7.65. The average molecular weight is 322 g/mol. The summed E-state index contributed by atoms with van der Waals surface area (Å²) < 4.78 is 0. The van der Waals surface area contributed by atoms with Crippen LogP contribution in [0.15, 0.2) is 12.1 Å². The Morgan fingerprint density at radius 1 is 1.27 bits per heavy atom. The van der Waals surface area contributed by atoms with Gasteiger partial charge in [-0.25, -0.2) is 0 Å². The first kappa shape index (κ1) is 17.0. The number of nitrogens with one attached hydrogen (secondary N) is 1. The first-order valence-electron chi connectivity index (χ1n) is 8.21. The van der Waals surface area contributed by atoms with Crippen LogP contribution in [0.25, 0.3) is 0 Å². The molecule has 1 aliphatic heterocycles. The van der Waals surface area contributed by atoms with Crippen LogP contribution in [-0.2, 0) is 4.79 Å². The van der Waals surface area contributed by atoms with Gasteiger partial charge in [0.05, 0.1) is 4.88 Å². The Hall–Kier alpha value is -1.36. The van der Waals surface area contributed by atoms with Crippen LogP contribution in [0.4, 0.5) is 0 Å². The fourth-order valence-corrected chi connectivity index (χ4v) is 3.72. The molecule has 1 aromatic rings. The molecule has 0 aromatic carbocycles. The Kier molecular flexibility index (Phi) is 6.00. The third-order valence-electron chi connectivity index (χ3n) is 4.44. The van der Waals surface area contributed by atoms with Gasteiger partial charge in [0.1, 0.15) is 0 Å². The van der Waals surface area contributed by atoms with Gasteiger partial charge in [0.2, 0.25) is 5.91 Å². The molecule has 22 heavy (non-hydrogen) atoms. The highest BCUT2D eigenvalue weighted by atomic mass is 32.1. The van der Waals surface area contributed by atoms with Gasteiger partial charge in [0.15, 0.2) is 0 Å². The van der Waals surface area contributed by atoms with Crippen molar-refractivity contribution in [2.75, 3.05) is 13.1 Å². The van der Waals surface area contributed by atoms with E-state index in [1.807, 2.05) is 24.0 Å². The number of carbonyl (C=O) groups excluding carboxylic acids is 2. The van der Waals surface area contributed by atoms with Crippen molar-refractivity contribution in [3.63, 3.8) is 0 Å². The quantitative estimate of drug-likeness (QED) is 0.905. The fraction of sp³-hybridized carbons (Fsp3) is 0.647. The average Bonchev–Trinajstić information content (AvgIpc) is 2.96. The second kappa shape index (κ2) is 7.77. The van der Waals surface area contributed by atoms with Gasteiger partial charge in [-0.2, -0.15) is 0 Å². The maximum Gasteiger partial charge on any atom is 0.261 e. The SMILES string of the molecule is CCC(CC)C(=O)N1CCC(NC(=O)c2ccc(C)s2)CC1. The van der Waals surface area contributed by atoms with Crippen molar-refractivity contribution < 1.29 is 9.59 Å². The maximum atomic E-state index is 12.4. The van der Waals surface area contributed by atoms with Crippen LogP contribution in [-0.4, -0.2) is 35.8 Å². The Morgan fingerprint density at radius 2 is 1.91 bits per heavy atom. The van der Waals surface area contributed by atoms with E-state index in [0.717, 1.165) is 48.5 Å². The maximum absolute atomic E-state index is 12.4. The minimum Gasteiger partial charge on any atom is -0.348 e. The lowest BCUT2D eigenvalue weighted by molar-refractivity contribution is -0.136. The van der Waals surface area contributed by atoms with Crippen LogP contribution >= 0.6 is 11.3 Å². The zero-order valence-corrected chi connectivity index (χ0v) is 14.5. The highest BCUT2D eigenvalue weighted by molar-refractivity contribution is 7.13. The van der Waals surface area contributed by atoms with E-state index in [1.165, 1.54) is 11.3 Å². The number of piperidine rings is 1. The highest BCUT2D eigenvalue weighted by Gasteiger charge is 2.27. The molecule has 2 rings (SSSR count). The van der Waals surface area contributed by atoms with Gasteiger partial charge in [-0.05, 0) is 44.7 Å². The summed E-state index contributed by atoms with van der Waals surface area (Å²) in [6, 6.07) is 4.03. The van der Waals surface area contributed by atoms with Crippen molar-refractivity contribution in [3.05, 3.63) is 21.9 Å². The minimum absolute atomic E-state index is 0.0165. The number of aryl methyl sites for hydroxylation is 1. The molecule has 0 unspecified atom stereocenters. The van der Waals surface area contributed by atoms with Crippen molar-refractivity contribution in [1.82, 2.24) is 10.2 Å². The molecule has 122 valence electrons. The zero-order valence-electron chi connectivity index (χ0n) is 13.7. The summed E-state index contributed by atoms with van der Waals surface area (Å²) in [5.41, 5.74) is 0. The van der Waals surface area contributed by atoms with Crippen LogP contribution in [0.5, 0.6) is 0 Å². The standard InChI is InChI=1S/C17H26N2O2S/c1-4-13(5-2)17(21)19-10-8-14(9-11-19)18-16(20)15-7-6-12(3)22-15/h6-7,13-14H,4-5,8-11H2,1-3H3,(H,18,20). The van der Waals surface area contributed by atoms with E-state index in [9.17, 15) is 9.59 Å². The number of hydrogen-bond acceptors (Lipinski definition) is 3. The molecule has 2 heterocycles. The Labute approximate surface area is 136 Å². The van der Waals surface area contributed by atoms with E-state index in [1.54, 1.807) is 0 Å². The van der Waals surface area contributed by atoms with Gasteiger partial charge in [0.25, 0.3) is 5.91 Å². The number of nitrogens with zero attached hydrogens (tertiary/aromatic N) is 1. The fourth-order valence-electron chi connectivity index (χ4n) is 2.95. The number of rotatable bonds is 5. The topological polar surface area (TPSA) is 49.4 Å². The van der Waals surface area contributed by atoms with Crippen LogP contribution in [0.1, 0.15) is 54.1 Å². The highest BCUT2D eigenvalue weighted by Crippen LogP contribution is 2.19. The summed E-state index contributed by atoms with van der Waals surface area (Å²) in [4.78, 5) is 28.4. The van der Waals surface area contributed by atoms with Crippen LogP contribution in [0.3, 0.4) is 0 Å². The van der Waals surface area contributed by atoms with Crippen molar-refractivity contribution in [3.8, 4) is 0 Å². The molecular formula is C17H26N2O2S. The van der Waals surface area contributed by atoms with Gasteiger partial charge in [-0.3, -0.25) is 9.59 Å². The molecule has 0 spiro atoms. The van der Waals surface area contributed by atoms with Crippen LogP contribution in [0, 0.1) is 12.8 Å². The molecule has 2 amide bonds. The molecule has 4 nitrogen and oxygen atoms in total. The van der Waals surface area contributed by atoms with Gasteiger partial charge in [0, 0.05) is 29.9 Å².